The van der Waals surface area contributed by atoms with Crippen molar-refractivity contribution in [1.29, 1.82) is 0 Å². The second-order valence-corrected chi connectivity index (χ2v) is 6.24. The summed E-state index contributed by atoms with van der Waals surface area (Å²) in [6, 6.07) is 15.0. The van der Waals surface area contributed by atoms with Crippen LogP contribution in [0.1, 0.15) is 15.4 Å². The highest BCUT2D eigenvalue weighted by molar-refractivity contribution is 7.18. The second kappa shape index (κ2) is 5.84. The van der Waals surface area contributed by atoms with Crippen molar-refractivity contribution < 1.29 is 4.79 Å². The SMILES string of the molecule is CN(Cc1nc2ccccc2s1)C(=O)c1ccccc1Cl. The Balaban J connectivity index is 1.81. The molecule has 3 aromatic rings. The van der Waals surface area contributed by atoms with Gasteiger partial charge in [0.25, 0.3) is 5.91 Å². The highest BCUT2D eigenvalue weighted by Crippen LogP contribution is 2.23. The van der Waals surface area contributed by atoms with Crippen molar-refractivity contribution in [2.45, 2.75) is 6.54 Å². The van der Waals surface area contributed by atoms with Gasteiger partial charge in [-0.2, -0.15) is 0 Å². The van der Waals surface area contributed by atoms with Crippen molar-refractivity contribution >= 4 is 39.1 Å². The van der Waals surface area contributed by atoms with Crippen molar-refractivity contribution in [3.05, 3.63) is 64.1 Å². The Labute approximate surface area is 131 Å². The summed E-state index contributed by atoms with van der Waals surface area (Å²) in [6.07, 6.45) is 0. The van der Waals surface area contributed by atoms with Crippen molar-refractivity contribution in [1.82, 2.24) is 9.88 Å². The minimum atomic E-state index is -0.0974. The van der Waals surface area contributed by atoms with Crippen LogP contribution < -0.4 is 0 Å². The van der Waals surface area contributed by atoms with Crippen LogP contribution >= 0.6 is 22.9 Å². The lowest BCUT2D eigenvalue weighted by molar-refractivity contribution is 0.0785. The average molecular weight is 317 g/mol. The van der Waals surface area contributed by atoms with Crippen LogP contribution in [-0.2, 0) is 6.54 Å². The number of amides is 1. The normalized spacial score (nSPS) is 10.8. The Morgan fingerprint density at radius 1 is 1.19 bits per heavy atom. The molecule has 1 aromatic heterocycles. The highest BCUT2D eigenvalue weighted by Gasteiger charge is 2.16. The summed E-state index contributed by atoms with van der Waals surface area (Å²) in [4.78, 5) is 18.6. The molecule has 0 atom stereocenters. The molecule has 106 valence electrons. The Morgan fingerprint density at radius 3 is 2.67 bits per heavy atom. The van der Waals surface area contributed by atoms with E-state index in [4.69, 9.17) is 11.6 Å². The summed E-state index contributed by atoms with van der Waals surface area (Å²) in [5, 5.41) is 1.39. The molecule has 3 rings (SSSR count). The van der Waals surface area contributed by atoms with Crippen LogP contribution in [0, 0.1) is 0 Å². The number of hydrogen-bond acceptors (Lipinski definition) is 3. The van der Waals surface area contributed by atoms with E-state index < -0.39 is 0 Å². The van der Waals surface area contributed by atoms with Gasteiger partial charge in [0, 0.05) is 7.05 Å². The fourth-order valence-electron chi connectivity index (χ4n) is 2.10. The molecule has 0 radical (unpaired) electrons. The fraction of sp³-hybridized carbons (Fsp3) is 0.125. The summed E-state index contributed by atoms with van der Waals surface area (Å²) in [6.45, 7) is 0.476. The average Bonchev–Trinajstić information content (AvgIpc) is 2.89. The first kappa shape index (κ1) is 14.0. The van der Waals surface area contributed by atoms with Crippen molar-refractivity contribution in [2.75, 3.05) is 7.05 Å². The Kier molecular flexibility index (Phi) is 3.90. The number of nitrogens with zero attached hydrogens (tertiary/aromatic N) is 2. The van der Waals surface area contributed by atoms with E-state index in [1.54, 1.807) is 35.4 Å². The van der Waals surface area contributed by atoms with Gasteiger partial charge in [-0.3, -0.25) is 4.79 Å². The van der Waals surface area contributed by atoms with Gasteiger partial charge in [0.15, 0.2) is 0 Å². The molecule has 0 aliphatic heterocycles. The van der Waals surface area contributed by atoms with Crippen LogP contribution in [0.3, 0.4) is 0 Å². The number of benzene rings is 2. The maximum Gasteiger partial charge on any atom is 0.255 e. The number of para-hydroxylation sites is 1. The highest BCUT2D eigenvalue weighted by atomic mass is 35.5. The third-order valence-electron chi connectivity index (χ3n) is 3.16. The van der Waals surface area contributed by atoms with Gasteiger partial charge in [-0.15, -0.1) is 11.3 Å². The van der Waals surface area contributed by atoms with E-state index in [0.29, 0.717) is 17.1 Å². The first-order valence-corrected chi connectivity index (χ1v) is 7.69. The van der Waals surface area contributed by atoms with Gasteiger partial charge in [-0.25, -0.2) is 4.98 Å². The molecular formula is C16H13ClN2OS. The molecule has 0 aliphatic rings. The van der Waals surface area contributed by atoms with Gasteiger partial charge in [0.2, 0.25) is 0 Å². The number of rotatable bonds is 3. The monoisotopic (exact) mass is 316 g/mol. The van der Waals surface area contributed by atoms with Crippen molar-refractivity contribution in [3.63, 3.8) is 0 Å². The second-order valence-electron chi connectivity index (χ2n) is 4.72. The van der Waals surface area contributed by atoms with Gasteiger partial charge >= 0.3 is 0 Å². The molecule has 5 heteroatoms. The smallest absolute Gasteiger partial charge is 0.255 e. The van der Waals surface area contributed by atoms with Crippen molar-refractivity contribution in [3.8, 4) is 0 Å². The predicted octanol–water partition coefficient (Wildman–Crippen LogP) is 4.22. The lowest BCUT2D eigenvalue weighted by atomic mass is 10.2. The van der Waals surface area contributed by atoms with Gasteiger partial charge in [0.05, 0.1) is 27.3 Å². The molecule has 0 N–H and O–H groups in total. The molecule has 0 aliphatic carbocycles. The van der Waals surface area contributed by atoms with E-state index in [0.717, 1.165) is 15.2 Å². The Bertz CT molecular complexity index is 767. The number of carbonyl (C=O) groups is 1. The summed E-state index contributed by atoms with van der Waals surface area (Å²) in [5.41, 5.74) is 1.49. The zero-order chi connectivity index (χ0) is 14.8. The number of carbonyl (C=O) groups excluding carboxylic acids is 1. The van der Waals surface area contributed by atoms with Gasteiger partial charge in [-0.1, -0.05) is 35.9 Å². The first-order chi connectivity index (χ1) is 10.1. The molecular weight excluding hydrogens is 304 g/mol. The number of fused-ring (bicyclic) bond motifs is 1. The summed E-state index contributed by atoms with van der Waals surface area (Å²) in [5.74, 6) is -0.0974. The van der Waals surface area contributed by atoms with E-state index in [-0.39, 0.29) is 5.91 Å². The van der Waals surface area contributed by atoms with E-state index in [2.05, 4.69) is 4.98 Å². The molecule has 2 aromatic carbocycles. The molecule has 0 saturated heterocycles. The van der Waals surface area contributed by atoms with E-state index in [1.807, 2.05) is 36.4 Å². The Morgan fingerprint density at radius 2 is 1.90 bits per heavy atom. The van der Waals surface area contributed by atoms with Crippen LogP contribution in [0.15, 0.2) is 48.5 Å². The summed E-state index contributed by atoms with van der Waals surface area (Å²) < 4.78 is 1.13. The molecule has 1 amide bonds. The minimum Gasteiger partial charge on any atom is -0.335 e. The predicted molar refractivity (Wildman–Crippen MR) is 86.9 cm³/mol. The number of aromatic nitrogens is 1. The lowest BCUT2D eigenvalue weighted by Crippen LogP contribution is -2.26. The van der Waals surface area contributed by atoms with Crippen molar-refractivity contribution in [2.24, 2.45) is 0 Å². The van der Waals surface area contributed by atoms with Crippen LogP contribution in [0.2, 0.25) is 5.02 Å². The topological polar surface area (TPSA) is 33.2 Å². The zero-order valence-electron chi connectivity index (χ0n) is 11.4. The maximum absolute atomic E-state index is 12.4. The number of halogens is 1. The van der Waals surface area contributed by atoms with E-state index >= 15 is 0 Å². The lowest BCUT2D eigenvalue weighted by Gasteiger charge is -2.16. The van der Waals surface area contributed by atoms with E-state index in [9.17, 15) is 4.79 Å². The molecule has 0 fully saturated rings. The summed E-state index contributed by atoms with van der Waals surface area (Å²) in [7, 11) is 1.76. The zero-order valence-corrected chi connectivity index (χ0v) is 13.0. The van der Waals surface area contributed by atoms with E-state index in [1.165, 1.54) is 0 Å². The van der Waals surface area contributed by atoms with Gasteiger partial charge in [-0.05, 0) is 24.3 Å². The molecule has 0 saturated carbocycles. The van der Waals surface area contributed by atoms with Crippen LogP contribution in [0.4, 0.5) is 0 Å². The minimum absolute atomic E-state index is 0.0974. The fourth-order valence-corrected chi connectivity index (χ4v) is 3.34. The van der Waals surface area contributed by atoms with Gasteiger partial charge < -0.3 is 4.90 Å². The van der Waals surface area contributed by atoms with Crippen LogP contribution in [0.25, 0.3) is 10.2 Å². The molecule has 0 bridgehead atoms. The third kappa shape index (κ3) is 2.91. The van der Waals surface area contributed by atoms with Gasteiger partial charge in [0.1, 0.15) is 5.01 Å². The molecule has 1 heterocycles. The largest absolute Gasteiger partial charge is 0.335 e. The molecule has 21 heavy (non-hydrogen) atoms. The summed E-state index contributed by atoms with van der Waals surface area (Å²) >= 11 is 7.67. The third-order valence-corrected chi connectivity index (χ3v) is 4.51. The molecule has 3 nitrogen and oxygen atoms in total. The first-order valence-electron chi connectivity index (χ1n) is 6.49. The quantitative estimate of drug-likeness (QED) is 0.724. The molecule has 0 spiro atoms. The Hall–Kier alpha value is -1.91. The van der Waals surface area contributed by atoms with Crippen LogP contribution in [-0.4, -0.2) is 22.8 Å². The maximum atomic E-state index is 12.4. The number of thiazole rings is 1. The van der Waals surface area contributed by atoms with Crippen LogP contribution in [0.5, 0.6) is 0 Å². The number of hydrogen-bond donors (Lipinski definition) is 0. The standard InChI is InChI=1S/C16H13ClN2OS/c1-19(16(20)11-6-2-3-7-12(11)17)10-15-18-13-8-4-5-9-14(13)21-15/h2-9H,10H2,1H3. The molecule has 0 unspecified atom stereocenters.